The summed E-state index contributed by atoms with van der Waals surface area (Å²) in [5.74, 6) is 2.50. The van der Waals surface area contributed by atoms with Gasteiger partial charge >= 0.3 is 0 Å². The van der Waals surface area contributed by atoms with Crippen LogP contribution in [0.3, 0.4) is 0 Å². The fourth-order valence-corrected chi connectivity index (χ4v) is 3.97. The van der Waals surface area contributed by atoms with Gasteiger partial charge in [-0.15, -0.1) is 0 Å². The Morgan fingerprint density at radius 2 is 1.61 bits per heavy atom. The SMILES string of the molecule is COc1ccc(-c2nc(-c3ccc(OC)c(C)c3)[nH]c2-c2c[nH]c3ccccc23)cc1. The molecule has 2 N–H and O–H groups in total. The number of aromatic amines is 2. The number of nitrogens with one attached hydrogen (secondary N) is 2. The van der Waals surface area contributed by atoms with Crippen molar-refractivity contribution in [3.05, 3.63) is 78.5 Å². The quantitative estimate of drug-likeness (QED) is 0.362. The summed E-state index contributed by atoms with van der Waals surface area (Å²) in [6.45, 7) is 2.04. The number of imidazole rings is 1. The molecule has 0 aliphatic heterocycles. The van der Waals surface area contributed by atoms with Crippen LogP contribution in [0.1, 0.15) is 5.56 Å². The van der Waals surface area contributed by atoms with Gasteiger partial charge in [-0.25, -0.2) is 4.98 Å². The van der Waals surface area contributed by atoms with Crippen LogP contribution in [0.15, 0.2) is 72.9 Å². The summed E-state index contributed by atoms with van der Waals surface area (Å²) in [6, 6.07) is 22.4. The molecule has 2 aromatic heterocycles. The minimum Gasteiger partial charge on any atom is -0.497 e. The third-order valence-corrected chi connectivity index (χ3v) is 5.59. The van der Waals surface area contributed by atoms with E-state index in [-0.39, 0.29) is 0 Å². The first-order valence-corrected chi connectivity index (χ1v) is 10.1. The van der Waals surface area contributed by atoms with E-state index in [1.165, 1.54) is 0 Å². The molecule has 0 saturated carbocycles. The number of hydrogen-bond acceptors (Lipinski definition) is 3. The highest BCUT2D eigenvalue weighted by Gasteiger charge is 2.18. The van der Waals surface area contributed by atoms with Crippen molar-refractivity contribution in [2.45, 2.75) is 6.92 Å². The minimum absolute atomic E-state index is 0.817. The third-order valence-electron chi connectivity index (χ3n) is 5.59. The molecule has 0 saturated heterocycles. The fraction of sp³-hybridized carbons (Fsp3) is 0.115. The van der Waals surface area contributed by atoms with Gasteiger partial charge in [-0.3, -0.25) is 0 Å². The van der Waals surface area contributed by atoms with Crippen LogP contribution in [-0.2, 0) is 0 Å². The molecule has 0 spiro atoms. The number of methoxy groups -OCH3 is 2. The Hall–Kier alpha value is -3.99. The van der Waals surface area contributed by atoms with E-state index in [4.69, 9.17) is 14.5 Å². The number of ether oxygens (including phenoxy) is 2. The molecule has 0 atom stereocenters. The van der Waals surface area contributed by atoms with Crippen molar-refractivity contribution in [1.29, 1.82) is 0 Å². The molecule has 0 aliphatic rings. The first kappa shape index (κ1) is 19.0. The van der Waals surface area contributed by atoms with Crippen molar-refractivity contribution in [3.8, 4) is 45.4 Å². The number of nitrogens with zero attached hydrogens (tertiary/aromatic N) is 1. The first-order valence-electron chi connectivity index (χ1n) is 10.1. The summed E-state index contributed by atoms with van der Waals surface area (Å²) in [5.41, 5.74) is 7.16. The zero-order chi connectivity index (χ0) is 21.4. The summed E-state index contributed by atoms with van der Waals surface area (Å²) in [7, 11) is 3.36. The summed E-state index contributed by atoms with van der Waals surface area (Å²) in [5, 5.41) is 1.15. The number of benzene rings is 3. The average molecular weight is 409 g/mol. The summed E-state index contributed by atoms with van der Waals surface area (Å²) in [4.78, 5) is 12.0. The molecule has 5 nitrogen and oxygen atoms in total. The third kappa shape index (κ3) is 3.34. The highest BCUT2D eigenvalue weighted by Crippen LogP contribution is 2.37. The van der Waals surface area contributed by atoms with Gasteiger partial charge in [-0.1, -0.05) is 18.2 Å². The molecule has 3 aromatic carbocycles. The van der Waals surface area contributed by atoms with Crippen molar-refractivity contribution in [2.75, 3.05) is 14.2 Å². The van der Waals surface area contributed by atoms with Crippen LogP contribution >= 0.6 is 0 Å². The molecule has 0 aliphatic carbocycles. The van der Waals surface area contributed by atoms with E-state index in [0.29, 0.717) is 0 Å². The normalized spacial score (nSPS) is 11.1. The van der Waals surface area contributed by atoms with Crippen LogP contribution in [0.4, 0.5) is 0 Å². The maximum atomic E-state index is 5.42. The summed E-state index contributed by atoms with van der Waals surface area (Å²) < 4.78 is 10.7. The van der Waals surface area contributed by atoms with Crippen molar-refractivity contribution in [1.82, 2.24) is 15.0 Å². The maximum Gasteiger partial charge on any atom is 0.138 e. The number of rotatable bonds is 5. The van der Waals surface area contributed by atoms with E-state index in [2.05, 4.69) is 34.2 Å². The Labute approximate surface area is 180 Å². The van der Waals surface area contributed by atoms with Gasteiger partial charge in [0.25, 0.3) is 0 Å². The second-order valence-corrected chi connectivity index (χ2v) is 7.47. The Morgan fingerprint density at radius 1 is 0.839 bits per heavy atom. The maximum absolute atomic E-state index is 5.42. The highest BCUT2D eigenvalue weighted by molar-refractivity contribution is 5.98. The average Bonchev–Trinajstić information content (AvgIpc) is 3.43. The fourth-order valence-electron chi connectivity index (χ4n) is 3.97. The molecule has 2 heterocycles. The van der Waals surface area contributed by atoms with E-state index < -0.39 is 0 Å². The molecule has 5 rings (SSSR count). The van der Waals surface area contributed by atoms with E-state index in [0.717, 1.165) is 61.9 Å². The van der Waals surface area contributed by atoms with Gasteiger partial charge in [0.05, 0.1) is 25.6 Å². The van der Waals surface area contributed by atoms with Gasteiger partial charge in [0.2, 0.25) is 0 Å². The van der Waals surface area contributed by atoms with E-state index >= 15 is 0 Å². The van der Waals surface area contributed by atoms with Crippen LogP contribution in [-0.4, -0.2) is 29.2 Å². The summed E-state index contributed by atoms with van der Waals surface area (Å²) >= 11 is 0. The zero-order valence-electron chi connectivity index (χ0n) is 17.7. The van der Waals surface area contributed by atoms with Gasteiger partial charge in [0.1, 0.15) is 17.3 Å². The standard InChI is InChI=1S/C26H23N3O2/c1-16-14-18(10-13-23(16)31-3)26-28-24(17-8-11-19(30-2)12-9-17)25(29-26)21-15-27-22-7-5-4-6-20(21)22/h4-15,27H,1-3H3,(H,28,29). The lowest BCUT2D eigenvalue weighted by molar-refractivity contribution is 0.412. The van der Waals surface area contributed by atoms with Gasteiger partial charge in [0, 0.05) is 33.8 Å². The Kier molecular flexibility index (Phi) is 4.71. The predicted molar refractivity (Wildman–Crippen MR) is 125 cm³/mol. The van der Waals surface area contributed by atoms with Crippen LogP contribution in [0.2, 0.25) is 0 Å². The molecular formula is C26H23N3O2. The molecule has 0 unspecified atom stereocenters. The second kappa shape index (κ2) is 7.69. The van der Waals surface area contributed by atoms with Crippen molar-refractivity contribution in [3.63, 3.8) is 0 Å². The van der Waals surface area contributed by atoms with Crippen LogP contribution in [0.25, 0.3) is 44.8 Å². The Balaban J connectivity index is 1.70. The van der Waals surface area contributed by atoms with E-state index in [9.17, 15) is 0 Å². The largest absolute Gasteiger partial charge is 0.497 e. The lowest BCUT2D eigenvalue weighted by Gasteiger charge is -2.05. The first-order chi connectivity index (χ1) is 15.2. The van der Waals surface area contributed by atoms with Crippen molar-refractivity contribution < 1.29 is 9.47 Å². The molecule has 154 valence electrons. The summed E-state index contributed by atoms with van der Waals surface area (Å²) in [6.07, 6.45) is 2.04. The smallest absolute Gasteiger partial charge is 0.138 e. The number of fused-ring (bicyclic) bond motifs is 1. The molecule has 0 fully saturated rings. The molecule has 31 heavy (non-hydrogen) atoms. The number of hydrogen-bond donors (Lipinski definition) is 2. The molecule has 5 aromatic rings. The van der Waals surface area contributed by atoms with Crippen LogP contribution in [0, 0.1) is 6.92 Å². The van der Waals surface area contributed by atoms with E-state index in [1.807, 2.05) is 55.6 Å². The van der Waals surface area contributed by atoms with Crippen LogP contribution in [0.5, 0.6) is 11.5 Å². The monoisotopic (exact) mass is 409 g/mol. The molecule has 0 amide bonds. The lowest BCUT2D eigenvalue weighted by Crippen LogP contribution is -1.88. The number of aryl methyl sites for hydroxylation is 1. The Bertz CT molecular complexity index is 1360. The topological polar surface area (TPSA) is 62.9 Å². The van der Waals surface area contributed by atoms with Crippen LogP contribution < -0.4 is 9.47 Å². The Morgan fingerprint density at radius 3 is 2.35 bits per heavy atom. The van der Waals surface area contributed by atoms with Crippen molar-refractivity contribution >= 4 is 10.9 Å². The van der Waals surface area contributed by atoms with Gasteiger partial charge < -0.3 is 19.4 Å². The molecule has 0 radical (unpaired) electrons. The number of H-pyrrole nitrogens is 2. The highest BCUT2D eigenvalue weighted by atomic mass is 16.5. The van der Waals surface area contributed by atoms with Gasteiger partial charge in [-0.2, -0.15) is 0 Å². The predicted octanol–water partition coefficient (Wildman–Crippen LogP) is 6.22. The molecular weight excluding hydrogens is 386 g/mol. The lowest BCUT2D eigenvalue weighted by atomic mass is 10.0. The minimum atomic E-state index is 0.817. The number of aromatic nitrogens is 3. The van der Waals surface area contributed by atoms with Crippen molar-refractivity contribution in [2.24, 2.45) is 0 Å². The number of para-hydroxylation sites is 1. The molecule has 0 bridgehead atoms. The van der Waals surface area contributed by atoms with Gasteiger partial charge in [-0.05, 0) is 61.0 Å². The zero-order valence-corrected chi connectivity index (χ0v) is 17.7. The molecule has 5 heteroatoms. The van der Waals surface area contributed by atoms with E-state index in [1.54, 1.807) is 14.2 Å². The van der Waals surface area contributed by atoms with Gasteiger partial charge in [0.15, 0.2) is 0 Å². The second-order valence-electron chi connectivity index (χ2n) is 7.47.